The molecule has 2 unspecified atom stereocenters. The molecule has 1 fully saturated rings. The summed E-state index contributed by atoms with van der Waals surface area (Å²) in [6.45, 7) is 5.82. The molecule has 202 valence electrons. The molecular weight excluding hydrogens is 510 g/mol. The lowest BCUT2D eigenvalue weighted by Gasteiger charge is -2.41. The van der Waals surface area contributed by atoms with Crippen LogP contribution in [0.25, 0.3) is 11.0 Å². The molecule has 0 bridgehead atoms. The summed E-state index contributed by atoms with van der Waals surface area (Å²) in [7, 11) is 3.21. The fraction of sp³-hybridized carbons (Fsp3) is 0.370. The fourth-order valence-electron chi connectivity index (χ4n) is 4.64. The highest BCUT2D eigenvalue weighted by atomic mass is 32.2. The van der Waals surface area contributed by atoms with E-state index in [1.54, 1.807) is 32.2 Å². The van der Waals surface area contributed by atoms with Gasteiger partial charge >= 0.3 is 5.97 Å². The maximum atomic E-state index is 11.9. The molecule has 1 aromatic heterocycles. The van der Waals surface area contributed by atoms with Crippen LogP contribution in [0.5, 0.6) is 11.5 Å². The Morgan fingerprint density at radius 3 is 2.29 bits per heavy atom. The molecule has 2 aromatic carbocycles. The number of hydrazine groups is 1. The minimum Gasteiger partial charge on any atom is -0.496 e. The van der Waals surface area contributed by atoms with Gasteiger partial charge in [-0.05, 0) is 56.2 Å². The van der Waals surface area contributed by atoms with Gasteiger partial charge in [-0.15, -0.1) is 4.41 Å². The number of methoxy groups -OCH3 is 2. The average Bonchev–Trinajstić information content (AvgIpc) is 3.23. The fourth-order valence-corrected chi connectivity index (χ4v) is 5.39. The minimum absolute atomic E-state index is 0.219. The van der Waals surface area contributed by atoms with Crippen LogP contribution in [0.1, 0.15) is 30.2 Å². The van der Waals surface area contributed by atoms with Gasteiger partial charge in [0.1, 0.15) is 5.75 Å². The van der Waals surface area contributed by atoms with Crippen LogP contribution in [0.2, 0.25) is 0 Å². The Bertz CT molecular complexity index is 1390. The van der Waals surface area contributed by atoms with E-state index >= 15 is 0 Å². The van der Waals surface area contributed by atoms with Gasteiger partial charge < -0.3 is 23.9 Å². The van der Waals surface area contributed by atoms with E-state index in [0.29, 0.717) is 49.0 Å². The predicted molar refractivity (Wildman–Crippen MR) is 145 cm³/mol. The number of piperazine rings is 1. The normalized spacial score (nSPS) is 15.7. The summed E-state index contributed by atoms with van der Waals surface area (Å²) in [4.78, 5) is 13.2. The number of aliphatic carboxylic acids is 1. The molecule has 0 radical (unpaired) electrons. The van der Waals surface area contributed by atoms with E-state index in [1.807, 2.05) is 37.3 Å². The van der Waals surface area contributed by atoms with Gasteiger partial charge in [0.15, 0.2) is 17.1 Å². The number of benzene rings is 2. The summed E-state index contributed by atoms with van der Waals surface area (Å²) >= 11 is -2.30. The molecule has 2 heterocycles. The molecular formula is C27H31N3O7S. The molecule has 0 saturated carbocycles. The zero-order valence-electron chi connectivity index (χ0n) is 21.8. The number of carbonyl (C=O) groups is 1. The first-order valence-corrected chi connectivity index (χ1v) is 13.2. The molecule has 4 rings (SSSR count). The van der Waals surface area contributed by atoms with Crippen LogP contribution in [0.4, 0.5) is 5.69 Å². The second-order valence-electron chi connectivity index (χ2n) is 8.95. The summed E-state index contributed by atoms with van der Waals surface area (Å²) in [6.07, 6.45) is -0.219. The van der Waals surface area contributed by atoms with Gasteiger partial charge in [-0.3, -0.25) is 9.35 Å². The number of rotatable bonds is 8. The Morgan fingerprint density at radius 2 is 1.71 bits per heavy atom. The van der Waals surface area contributed by atoms with Crippen LogP contribution >= 0.6 is 0 Å². The van der Waals surface area contributed by atoms with Crippen molar-refractivity contribution in [2.45, 2.75) is 26.3 Å². The third kappa shape index (κ3) is 5.79. The molecule has 3 aromatic rings. The van der Waals surface area contributed by atoms with Gasteiger partial charge in [-0.2, -0.15) is 0 Å². The number of carboxylic acids is 1. The van der Waals surface area contributed by atoms with Crippen molar-refractivity contribution in [3.05, 3.63) is 53.3 Å². The SMILES string of the molecule is COc1ccc(OC)c2c(C)c(C#Cc3ccc(N4CCN(N(C(C)CC(=O)O)S(=O)O)CC4)cc3)oc12. The third-order valence-electron chi connectivity index (χ3n) is 6.54. The zero-order chi connectivity index (χ0) is 27.4. The number of anilines is 1. The van der Waals surface area contributed by atoms with Crippen LogP contribution in [0.3, 0.4) is 0 Å². The summed E-state index contributed by atoms with van der Waals surface area (Å²) in [6, 6.07) is 10.9. The number of nitrogens with zero attached hydrogens (tertiary/aromatic N) is 3. The van der Waals surface area contributed by atoms with E-state index in [4.69, 9.17) is 19.0 Å². The standard InChI is InChI=1S/C27H31N3O7S/c1-18(17-25(31)32)30(38(33)34)29-15-13-28(14-16-29)21-8-5-20(6-9-21)7-10-22-19(2)26-23(35-3)11-12-24(36-4)27(26)37-22/h5-6,8-9,11-12,18H,13-17H2,1-4H3,(H,31,32)(H,33,34). The van der Waals surface area contributed by atoms with Crippen molar-refractivity contribution in [2.24, 2.45) is 0 Å². The van der Waals surface area contributed by atoms with Crippen molar-refractivity contribution < 1.29 is 32.6 Å². The summed E-state index contributed by atoms with van der Waals surface area (Å²) in [5.41, 5.74) is 3.33. The van der Waals surface area contributed by atoms with Crippen molar-refractivity contribution in [2.75, 3.05) is 45.3 Å². The summed E-state index contributed by atoms with van der Waals surface area (Å²) in [5, 5.41) is 11.6. The minimum atomic E-state index is -2.30. The van der Waals surface area contributed by atoms with Crippen LogP contribution in [0.15, 0.2) is 40.8 Å². The quantitative estimate of drug-likeness (QED) is 0.327. The highest BCUT2D eigenvalue weighted by molar-refractivity contribution is 7.76. The highest BCUT2D eigenvalue weighted by Gasteiger charge is 2.30. The second kappa shape index (κ2) is 11.9. The van der Waals surface area contributed by atoms with Gasteiger partial charge in [0.05, 0.1) is 26.0 Å². The van der Waals surface area contributed by atoms with Crippen LogP contribution in [0, 0.1) is 18.8 Å². The van der Waals surface area contributed by atoms with Crippen molar-refractivity contribution in [1.82, 2.24) is 9.42 Å². The lowest BCUT2D eigenvalue weighted by Crippen LogP contribution is -2.57. The Morgan fingerprint density at radius 1 is 1.08 bits per heavy atom. The van der Waals surface area contributed by atoms with E-state index in [0.717, 1.165) is 22.2 Å². The number of carboxylic acid groups (broad SMARTS) is 1. The van der Waals surface area contributed by atoms with Crippen LogP contribution in [-0.2, 0) is 16.1 Å². The first kappa shape index (κ1) is 27.5. The maximum absolute atomic E-state index is 11.9. The van der Waals surface area contributed by atoms with Crippen LogP contribution < -0.4 is 14.4 Å². The van der Waals surface area contributed by atoms with Gasteiger partial charge in [0.2, 0.25) is 11.3 Å². The van der Waals surface area contributed by atoms with E-state index in [9.17, 15) is 13.6 Å². The number of hydrogen-bond donors (Lipinski definition) is 2. The van der Waals surface area contributed by atoms with Crippen LogP contribution in [-0.4, -0.2) is 75.7 Å². The summed E-state index contributed by atoms with van der Waals surface area (Å²) in [5.74, 6) is 7.14. The van der Waals surface area contributed by atoms with E-state index in [2.05, 4.69) is 16.7 Å². The molecule has 11 heteroatoms. The lowest BCUT2D eigenvalue weighted by atomic mass is 10.1. The smallest absolute Gasteiger partial charge is 0.305 e. The largest absolute Gasteiger partial charge is 0.496 e. The molecule has 10 nitrogen and oxygen atoms in total. The summed E-state index contributed by atoms with van der Waals surface area (Å²) < 4.78 is 39.8. The Balaban J connectivity index is 1.45. The van der Waals surface area contributed by atoms with E-state index < -0.39 is 23.3 Å². The van der Waals surface area contributed by atoms with Crippen molar-refractivity contribution in [3.63, 3.8) is 0 Å². The molecule has 2 atom stereocenters. The molecule has 0 aliphatic carbocycles. The molecule has 2 N–H and O–H groups in total. The molecule has 0 spiro atoms. The first-order chi connectivity index (χ1) is 18.2. The topological polar surface area (TPSA) is 116 Å². The number of aryl methyl sites for hydroxylation is 1. The number of hydrogen-bond acceptors (Lipinski definition) is 7. The van der Waals surface area contributed by atoms with Gasteiger partial charge in [0.25, 0.3) is 0 Å². The molecule has 1 saturated heterocycles. The van der Waals surface area contributed by atoms with E-state index in [-0.39, 0.29) is 6.42 Å². The van der Waals surface area contributed by atoms with Gasteiger partial charge in [-0.1, -0.05) is 5.92 Å². The predicted octanol–water partition coefficient (Wildman–Crippen LogP) is 3.50. The Labute approximate surface area is 224 Å². The van der Waals surface area contributed by atoms with Crippen molar-refractivity contribution in [1.29, 1.82) is 0 Å². The number of ether oxygens (including phenoxy) is 2. The third-order valence-corrected chi connectivity index (χ3v) is 7.45. The van der Waals surface area contributed by atoms with Gasteiger partial charge in [-0.25, -0.2) is 9.22 Å². The van der Waals surface area contributed by atoms with Crippen molar-refractivity contribution >= 4 is 33.9 Å². The maximum Gasteiger partial charge on any atom is 0.305 e. The monoisotopic (exact) mass is 541 g/mol. The number of fused-ring (bicyclic) bond motifs is 1. The van der Waals surface area contributed by atoms with Crippen molar-refractivity contribution in [3.8, 4) is 23.3 Å². The highest BCUT2D eigenvalue weighted by Crippen LogP contribution is 2.38. The zero-order valence-corrected chi connectivity index (χ0v) is 22.6. The molecule has 1 aliphatic rings. The molecule has 0 amide bonds. The Hall–Kier alpha value is -3.56. The molecule has 1 aliphatic heterocycles. The Kier molecular flexibility index (Phi) is 8.58. The second-order valence-corrected chi connectivity index (χ2v) is 9.78. The van der Waals surface area contributed by atoms with Gasteiger partial charge in [0, 0.05) is 49.0 Å². The average molecular weight is 542 g/mol. The first-order valence-electron chi connectivity index (χ1n) is 12.1. The lowest BCUT2D eigenvalue weighted by molar-refractivity contribution is -0.139. The number of furan rings is 1. The molecule has 38 heavy (non-hydrogen) atoms. The van der Waals surface area contributed by atoms with E-state index in [1.165, 1.54) is 4.41 Å².